The topological polar surface area (TPSA) is 79.8 Å². The largest absolute Gasteiger partial charge is 0.379 e. The van der Waals surface area contributed by atoms with Gasteiger partial charge >= 0.3 is 10.1 Å². The number of nitrogens with zero attached hydrogens (tertiary/aromatic N) is 1. The molecule has 2 rings (SSSR count). The van der Waals surface area contributed by atoms with E-state index in [1.54, 1.807) is 55.7 Å². The molecule has 2 N–H and O–H groups in total. The van der Waals surface area contributed by atoms with Crippen molar-refractivity contribution in [2.45, 2.75) is 4.90 Å². The maximum absolute atomic E-state index is 12.1. The minimum absolute atomic E-state index is 0.107. The predicted molar refractivity (Wildman–Crippen MR) is 93.1 cm³/mol. The van der Waals surface area contributed by atoms with Crippen LogP contribution >= 0.6 is 12.2 Å². The van der Waals surface area contributed by atoms with Gasteiger partial charge in [-0.25, -0.2) is 0 Å². The molecule has 2 aromatic rings. The Labute approximate surface area is 140 Å². The van der Waals surface area contributed by atoms with Gasteiger partial charge in [-0.3, -0.25) is 5.43 Å². The molecule has 0 aliphatic carbocycles. The number of thiocarbonyl (C=S) groups is 1. The lowest BCUT2D eigenvalue weighted by Crippen LogP contribution is -2.28. The first-order valence-corrected chi connectivity index (χ1v) is 8.43. The first kappa shape index (κ1) is 16.9. The van der Waals surface area contributed by atoms with Gasteiger partial charge in [-0.05, 0) is 54.2 Å². The summed E-state index contributed by atoms with van der Waals surface area (Å²) in [5.41, 5.74) is 3.38. The number of hydrazone groups is 1. The van der Waals surface area contributed by atoms with E-state index < -0.39 is 10.1 Å². The van der Waals surface area contributed by atoms with E-state index in [0.29, 0.717) is 5.11 Å². The Kier molecular flexibility index (Phi) is 5.67. The first-order chi connectivity index (χ1) is 11.0. The van der Waals surface area contributed by atoms with Crippen molar-refractivity contribution in [3.8, 4) is 5.75 Å². The fraction of sp³-hybridized carbons (Fsp3) is 0.0667. The van der Waals surface area contributed by atoms with Gasteiger partial charge in [0.05, 0.1) is 6.21 Å². The highest BCUT2D eigenvalue weighted by Gasteiger charge is 2.15. The zero-order valence-corrected chi connectivity index (χ0v) is 13.9. The zero-order valence-electron chi connectivity index (χ0n) is 12.3. The highest BCUT2D eigenvalue weighted by molar-refractivity contribution is 7.87. The van der Waals surface area contributed by atoms with E-state index >= 15 is 0 Å². The molecule has 0 heterocycles. The van der Waals surface area contributed by atoms with Crippen LogP contribution in [0.15, 0.2) is 64.6 Å². The standard InChI is InChI=1S/C15H15N3O3S2/c1-16-15(22)18-17-11-12-7-9-13(10-8-12)21-23(19,20)14-5-3-2-4-6-14/h2-11H,1H3,(H2,16,18,22)/b17-11+. The molecule has 0 unspecified atom stereocenters. The van der Waals surface area contributed by atoms with Crippen molar-refractivity contribution in [2.75, 3.05) is 7.05 Å². The summed E-state index contributed by atoms with van der Waals surface area (Å²) in [5, 5.41) is 7.05. The monoisotopic (exact) mass is 349 g/mol. The van der Waals surface area contributed by atoms with Crippen LogP contribution in [0.4, 0.5) is 0 Å². The third-order valence-electron chi connectivity index (χ3n) is 2.72. The van der Waals surface area contributed by atoms with Gasteiger partial charge in [0.25, 0.3) is 0 Å². The Balaban J connectivity index is 2.04. The normalized spacial score (nSPS) is 11.2. The van der Waals surface area contributed by atoms with Gasteiger partial charge < -0.3 is 9.50 Å². The van der Waals surface area contributed by atoms with Gasteiger partial charge in [-0.1, -0.05) is 18.2 Å². The molecule has 0 saturated heterocycles. The molecule has 23 heavy (non-hydrogen) atoms. The average Bonchev–Trinajstić information content (AvgIpc) is 2.57. The first-order valence-electron chi connectivity index (χ1n) is 6.61. The molecule has 2 aromatic carbocycles. The smallest absolute Gasteiger partial charge is 0.339 e. The highest BCUT2D eigenvalue weighted by Crippen LogP contribution is 2.18. The molecule has 0 amide bonds. The van der Waals surface area contributed by atoms with E-state index in [1.165, 1.54) is 12.1 Å². The molecule has 0 aliphatic heterocycles. The van der Waals surface area contributed by atoms with Crippen LogP contribution in [0, 0.1) is 0 Å². The summed E-state index contributed by atoms with van der Waals surface area (Å²) in [6.07, 6.45) is 1.55. The molecule has 120 valence electrons. The number of benzene rings is 2. The summed E-state index contributed by atoms with van der Waals surface area (Å²) >= 11 is 4.87. The Morgan fingerprint density at radius 3 is 2.39 bits per heavy atom. The lowest BCUT2D eigenvalue weighted by molar-refractivity contribution is 0.486. The van der Waals surface area contributed by atoms with Crippen molar-refractivity contribution in [3.05, 3.63) is 60.2 Å². The number of nitrogens with one attached hydrogen (secondary N) is 2. The van der Waals surface area contributed by atoms with E-state index in [2.05, 4.69) is 15.8 Å². The van der Waals surface area contributed by atoms with Crippen molar-refractivity contribution in [1.82, 2.24) is 10.7 Å². The van der Waals surface area contributed by atoms with Gasteiger partial charge in [0.15, 0.2) is 5.11 Å². The van der Waals surface area contributed by atoms with Crippen LogP contribution in [0.2, 0.25) is 0 Å². The van der Waals surface area contributed by atoms with Crippen LogP contribution in [0.1, 0.15) is 5.56 Å². The Hall–Kier alpha value is -2.45. The van der Waals surface area contributed by atoms with E-state index in [4.69, 9.17) is 16.4 Å². The Bertz CT molecular complexity index is 788. The van der Waals surface area contributed by atoms with Crippen LogP contribution in [0.3, 0.4) is 0 Å². The van der Waals surface area contributed by atoms with Crippen LogP contribution in [-0.4, -0.2) is 26.8 Å². The van der Waals surface area contributed by atoms with E-state index in [-0.39, 0.29) is 10.6 Å². The second-order valence-electron chi connectivity index (χ2n) is 4.37. The summed E-state index contributed by atoms with van der Waals surface area (Å²) in [6.45, 7) is 0. The summed E-state index contributed by atoms with van der Waals surface area (Å²) in [5.74, 6) is 0.227. The molecule has 0 aromatic heterocycles. The lowest BCUT2D eigenvalue weighted by atomic mass is 10.2. The molecule has 0 radical (unpaired) electrons. The maximum atomic E-state index is 12.1. The summed E-state index contributed by atoms with van der Waals surface area (Å²) in [6, 6.07) is 14.4. The molecule has 0 bridgehead atoms. The van der Waals surface area contributed by atoms with Gasteiger partial charge in [0, 0.05) is 7.05 Å². The van der Waals surface area contributed by atoms with Crippen LogP contribution in [0.5, 0.6) is 5.75 Å². The molecule has 6 nitrogen and oxygen atoms in total. The van der Waals surface area contributed by atoms with Crippen molar-refractivity contribution in [3.63, 3.8) is 0 Å². The van der Waals surface area contributed by atoms with Crippen LogP contribution in [0.25, 0.3) is 0 Å². The SMILES string of the molecule is CNC(=S)N/N=C/c1ccc(OS(=O)(=O)c2ccccc2)cc1. The third-order valence-corrected chi connectivity index (χ3v) is 4.28. The van der Waals surface area contributed by atoms with Crippen molar-refractivity contribution >= 4 is 33.7 Å². The minimum Gasteiger partial charge on any atom is -0.379 e. The van der Waals surface area contributed by atoms with Gasteiger partial charge in [-0.2, -0.15) is 13.5 Å². The summed E-state index contributed by atoms with van der Waals surface area (Å²) in [4.78, 5) is 0.107. The Morgan fingerprint density at radius 1 is 1.13 bits per heavy atom. The molecule has 8 heteroatoms. The van der Waals surface area contributed by atoms with Gasteiger partial charge in [-0.15, -0.1) is 0 Å². The quantitative estimate of drug-likeness (QED) is 0.371. The third kappa shape index (κ3) is 5.04. The molecule has 0 atom stereocenters. The fourth-order valence-electron chi connectivity index (χ4n) is 1.59. The zero-order chi connectivity index (χ0) is 16.7. The second-order valence-corrected chi connectivity index (χ2v) is 6.32. The highest BCUT2D eigenvalue weighted by atomic mass is 32.2. The predicted octanol–water partition coefficient (Wildman–Crippen LogP) is 1.88. The fourth-order valence-corrected chi connectivity index (χ4v) is 2.60. The summed E-state index contributed by atoms with van der Waals surface area (Å²) in [7, 11) is -2.14. The van der Waals surface area contributed by atoms with Crippen LogP contribution < -0.4 is 14.9 Å². The number of hydrogen-bond acceptors (Lipinski definition) is 5. The maximum Gasteiger partial charge on any atom is 0.339 e. The van der Waals surface area contributed by atoms with Crippen molar-refractivity contribution in [2.24, 2.45) is 5.10 Å². The van der Waals surface area contributed by atoms with E-state index in [1.807, 2.05) is 0 Å². The molecule has 0 fully saturated rings. The molecule has 0 spiro atoms. The summed E-state index contributed by atoms with van der Waals surface area (Å²) < 4.78 is 29.3. The van der Waals surface area contributed by atoms with Crippen LogP contribution in [-0.2, 0) is 10.1 Å². The Morgan fingerprint density at radius 2 is 1.78 bits per heavy atom. The lowest BCUT2D eigenvalue weighted by Gasteiger charge is -2.07. The van der Waals surface area contributed by atoms with E-state index in [0.717, 1.165) is 5.56 Å². The number of hydrogen-bond donors (Lipinski definition) is 2. The van der Waals surface area contributed by atoms with Gasteiger partial charge in [0.1, 0.15) is 10.6 Å². The second kappa shape index (κ2) is 7.70. The molecular weight excluding hydrogens is 334 g/mol. The van der Waals surface area contributed by atoms with Crippen molar-refractivity contribution < 1.29 is 12.6 Å². The molecular formula is C15H15N3O3S2. The number of rotatable bonds is 5. The van der Waals surface area contributed by atoms with Gasteiger partial charge in [0.2, 0.25) is 0 Å². The molecule has 0 saturated carbocycles. The molecule has 0 aliphatic rings. The minimum atomic E-state index is -3.83. The van der Waals surface area contributed by atoms with Crippen molar-refractivity contribution in [1.29, 1.82) is 0 Å². The average molecular weight is 349 g/mol. The van der Waals surface area contributed by atoms with E-state index in [9.17, 15) is 8.42 Å².